The summed E-state index contributed by atoms with van der Waals surface area (Å²) in [7, 11) is 0. The average molecular weight is 265 g/mol. The Balaban J connectivity index is 2.35. The van der Waals surface area contributed by atoms with Crippen LogP contribution in [0, 0.1) is 0 Å². The van der Waals surface area contributed by atoms with Crippen LogP contribution in [0.4, 0.5) is 0 Å². The van der Waals surface area contributed by atoms with E-state index in [-0.39, 0.29) is 5.78 Å². The van der Waals surface area contributed by atoms with Gasteiger partial charge in [0, 0.05) is 34.3 Å². The maximum atomic E-state index is 11.3. The fourth-order valence-corrected chi connectivity index (χ4v) is 3.00. The maximum absolute atomic E-state index is 11.3. The molecule has 0 fully saturated rings. The van der Waals surface area contributed by atoms with Gasteiger partial charge in [-0.2, -0.15) is 0 Å². The summed E-state index contributed by atoms with van der Waals surface area (Å²) in [6.45, 7) is 6.05. The monoisotopic (exact) mass is 265 g/mol. The number of para-hydroxylation sites is 1. The van der Waals surface area contributed by atoms with Gasteiger partial charge in [-0.25, -0.2) is 0 Å². The fourth-order valence-electron chi connectivity index (χ4n) is 3.00. The van der Waals surface area contributed by atoms with Crippen molar-refractivity contribution < 1.29 is 4.79 Å². The van der Waals surface area contributed by atoms with Crippen LogP contribution in [0.3, 0.4) is 0 Å². The molecule has 2 nitrogen and oxygen atoms in total. The number of Topliss-reactive ketones (excluding diaryl/α,β-unsaturated/α-hetero) is 1. The van der Waals surface area contributed by atoms with Crippen molar-refractivity contribution in [1.29, 1.82) is 0 Å². The SMILES string of the molecule is CC(=O)Cc1ccc2c(c1)c1ccccc1n2C(C)C. The smallest absolute Gasteiger partial charge is 0.134 e. The molecule has 1 aromatic heterocycles. The Morgan fingerprint density at radius 1 is 1.05 bits per heavy atom. The zero-order chi connectivity index (χ0) is 14.3. The predicted molar refractivity (Wildman–Crippen MR) is 84.2 cm³/mol. The standard InChI is InChI=1S/C18H19NO/c1-12(2)19-17-7-5-4-6-15(17)16-11-14(10-13(3)20)8-9-18(16)19/h4-9,11-12H,10H2,1-3H3. The Kier molecular flexibility index (Phi) is 3.09. The highest BCUT2D eigenvalue weighted by Crippen LogP contribution is 2.32. The Morgan fingerprint density at radius 3 is 2.45 bits per heavy atom. The molecule has 0 spiro atoms. The van der Waals surface area contributed by atoms with Crippen molar-refractivity contribution in [2.45, 2.75) is 33.2 Å². The minimum absolute atomic E-state index is 0.206. The van der Waals surface area contributed by atoms with Gasteiger partial charge < -0.3 is 4.57 Å². The van der Waals surface area contributed by atoms with E-state index in [2.05, 4.69) is 60.9 Å². The molecule has 2 aromatic carbocycles. The molecule has 102 valence electrons. The highest BCUT2D eigenvalue weighted by Gasteiger charge is 2.12. The van der Waals surface area contributed by atoms with Gasteiger partial charge in [-0.1, -0.05) is 24.3 Å². The van der Waals surface area contributed by atoms with Crippen LogP contribution in [0.2, 0.25) is 0 Å². The lowest BCUT2D eigenvalue weighted by molar-refractivity contribution is -0.116. The summed E-state index contributed by atoms with van der Waals surface area (Å²) in [6, 6.07) is 15.3. The predicted octanol–water partition coefficient (Wildman–Crippen LogP) is 4.51. The van der Waals surface area contributed by atoms with Crippen LogP contribution in [0.1, 0.15) is 32.4 Å². The van der Waals surface area contributed by atoms with Crippen molar-refractivity contribution in [3.63, 3.8) is 0 Å². The second-order valence-corrected chi connectivity index (χ2v) is 5.71. The molecule has 0 amide bonds. The molecule has 1 heterocycles. The minimum atomic E-state index is 0.206. The van der Waals surface area contributed by atoms with E-state index in [1.54, 1.807) is 6.92 Å². The van der Waals surface area contributed by atoms with Crippen LogP contribution in [0.25, 0.3) is 21.8 Å². The zero-order valence-corrected chi connectivity index (χ0v) is 12.2. The first-order chi connectivity index (χ1) is 9.58. The third kappa shape index (κ3) is 2.01. The number of hydrogen-bond donors (Lipinski definition) is 0. The van der Waals surface area contributed by atoms with Crippen LogP contribution in [0.15, 0.2) is 42.5 Å². The van der Waals surface area contributed by atoms with Crippen molar-refractivity contribution in [3.8, 4) is 0 Å². The molecule has 0 unspecified atom stereocenters. The molecule has 3 rings (SSSR count). The normalized spacial score (nSPS) is 11.6. The molecule has 20 heavy (non-hydrogen) atoms. The van der Waals surface area contributed by atoms with Gasteiger partial charge in [0.2, 0.25) is 0 Å². The van der Waals surface area contributed by atoms with E-state index in [0.29, 0.717) is 12.5 Å². The van der Waals surface area contributed by atoms with Gasteiger partial charge in [0.25, 0.3) is 0 Å². The van der Waals surface area contributed by atoms with Crippen LogP contribution < -0.4 is 0 Å². The van der Waals surface area contributed by atoms with Crippen molar-refractivity contribution in [2.75, 3.05) is 0 Å². The Hall–Kier alpha value is -2.09. The molecule has 2 heteroatoms. The van der Waals surface area contributed by atoms with Crippen molar-refractivity contribution in [3.05, 3.63) is 48.0 Å². The topological polar surface area (TPSA) is 22.0 Å². The first-order valence-corrected chi connectivity index (χ1v) is 7.09. The summed E-state index contributed by atoms with van der Waals surface area (Å²) in [6.07, 6.45) is 0.511. The molecule has 0 aliphatic carbocycles. The number of ketones is 1. The van der Waals surface area contributed by atoms with Gasteiger partial charge in [0.1, 0.15) is 5.78 Å². The number of benzene rings is 2. The first-order valence-electron chi connectivity index (χ1n) is 7.09. The van der Waals surface area contributed by atoms with Gasteiger partial charge in [-0.05, 0) is 44.5 Å². The molecule has 0 bridgehead atoms. The molecule has 0 saturated heterocycles. The molecule has 0 radical (unpaired) electrons. The molecule has 0 saturated carbocycles. The number of carbonyl (C=O) groups excluding carboxylic acids is 1. The summed E-state index contributed by atoms with van der Waals surface area (Å²) < 4.78 is 2.36. The molecule has 0 N–H and O–H groups in total. The van der Waals surface area contributed by atoms with Crippen molar-refractivity contribution >= 4 is 27.6 Å². The maximum Gasteiger partial charge on any atom is 0.134 e. The third-order valence-electron chi connectivity index (χ3n) is 3.74. The largest absolute Gasteiger partial charge is 0.338 e. The lowest BCUT2D eigenvalue weighted by Gasteiger charge is -2.11. The molecule has 3 aromatic rings. The molecular formula is C18H19NO. The Bertz CT molecular complexity index is 796. The van der Waals surface area contributed by atoms with Crippen LogP contribution >= 0.6 is 0 Å². The Morgan fingerprint density at radius 2 is 1.75 bits per heavy atom. The molecule has 0 aliphatic rings. The van der Waals surface area contributed by atoms with Gasteiger partial charge >= 0.3 is 0 Å². The molecule has 0 atom stereocenters. The number of fused-ring (bicyclic) bond motifs is 3. The minimum Gasteiger partial charge on any atom is -0.338 e. The summed E-state index contributed by atoms with van der Waals surface area (Å²) in [4.78, 5) is 11.3. The highest BCUT2D eigenvalue weighted by molar-refractivity contribution is 6.08. The Labute approximate surface area is 119 Å². The summed E-state index contributed by atoms with van der Waals surface area (Å²) in [5.41, 5.74) is 3.60. The summed E-state index contributed by atoms with van der Waals surface area (Å²) in [5.74, 6) is 0.206. The van der Waals surface area contributed by atoms with Crippen LogP contribution in [0.5, 0.6) is 0 Å². The zero-order valence-electron chi connectivity index (χ0n) is 12.2. The fraction of sp³-hybridized carbons (Fsp3) is 0.278. The second kappa shape index (κ2) is 4.78. The lowest BCUT2D eigenvalue weighted by Crippen LogP contribution is -2.00. The van der Waals surface area contributed by atoms with Gasteiger partial charge in [0.05, 0.1) is 0 Å². The van der Waals surface area contributed by atoms with Gasteiger partial charge in [0.15, 0.2) is 0 Å². The highest BCUT2D eigenvalue weighted by atomic mass is 16.1. The average Bonchev–Trinajstić information content (AvgIpc) is 2.72. The van der Waals surface area contributed by atoms with Gasteiger partial charge in [-0.15, -0.1) is 0 Å². The van der Waals surface area contributed by atoms with E-state index in [1.807, 2.05) is 0 Å². The number of hydrogen-bond acceptors (Lipinski definition) is 1. The van der Waals surface area contributed by atoms with E-state index in [4.69, 9.17) is 0 Å². The number of nitrogens with zero attached hydrogens (tertiary/aromatic N) is 1. The number of aromatic nitrogens is 1. The van der Waals surface area contributed by atoms with Crippen molar-refractivity contribution in [1.82, 2.24) is 4.57 Å². The van der Waals surface area contributed by atoms with E-state index in [9.17, 15) is 4.79 Å². The number of rotatable bonds is 3. The van der Waals surface area contributed by atoms with E-state index >= 15 is 0 Å². The van der Waals surface area contributed by atoms with Crippen LogP contribution in [-0.4, -0.2) is 10.4 Å². The number of carbonyl (C=O) groups is 1. The second-order valence-electron chi connectivity index (χ2n) is 5.71. The van der Waals surface area contributed by atoms with E-state index < -0.39 is 0 Å². The van der Waals surface area contributed by atoms with Gasteiger partial charge in [-0.3, -0.25) is 4.79 Å². The van der Waals surface area contributed by atoms with E-state index in [1.165, 1.54) is 21.8 Å². The van der Waals surface area contributed by atoms with E-state index in [0.717, 1.165) is 5.56 Å². The first kappa shape index (κ1) is 12.9. The molecular weight excluding hydrogens is 246 g/mol. The van der Waals surface area contributed by atoms with Crippen molar-refractivity contribution in [2.24, 2.45) is 0 Å². The van der Waals surface area contributed by atoms with Crippen LogP contribution in [-0.2, 0) is 11.2 Å². The summed E-state index contributed by atoms with van der Waals surface area (Å²) in [5, 5.41) is 2.51. The summed E-state index contributed by atoms with van der Waals surface area (Å²) >= 11 is 0. The lowest BCUT2D eigenvalue weighted by atomic mass is 10.1. The third-order valence-corrected chi connectivity index (χ3v) is 3.74. The quantitative estimate of drug-likeness (QED) is 0.683. The molecule has 0 aliphatic heterocycles.